The minimum Gasteiger partial charge on any atom is -0.511 e. The van der Waals surface area contributed by atoms with Gasteiger partial charge in [0.25, 0.3) is 5.97 Å². The fraction of sp³-hybridized carbons (Fsp3) is 0.250. The van der Waals surface area contributed by atoms with Crippen molar-refractivity contribution < 1.29 is 9.22 Å². The Morgan fingerprint density at radius 1 is 1.53 bits per heavy atom. The summed E-state index contributed by atoms with van der Waals surface area (Å²) in [5, 5.41) is 1.02. The smallest absolute Gasteiger partial charge is 0.355 e. The van der Waals surface area contributed by atoms with Crippen LogP contribution in [0.2, 0.25) is 0 Å². The number of rotatable bonds is 4. The van der Waals surface area contributed by atoms with Gasteiger partial charge in [0.2, 0.25) is 0 Å². The van der Waals surface area contributed by atoms with Gasteiger partial charge < -0.3 is 4.43 Å². The van der Waals surface area contributed by atoms with E-state index in [-0.39, 0.29) is 21.7 Å². The lowest BCUT2D eigenvalue weighted by atomic mass is 10.2. The van der Waals surface area contributed by atoms with E-state index in [1.54, 1.807) is 6.08 Å². The second kappa shape index (κ2) is 5.51. The van der Waals surface area contributed by atoms with Crippen molar-refractivity contribution in [3.05, 3.63) is 36.4 Å². The highest BCUT2D eigenvalue weighted by atomic mass is 28.2. The van der Waals surface area contributed by atoms with E-state index in [0.29, 0.717) is 0 Å². The number of carbonyl (C=O) groups excluding carboxylic acids is 1. The van der Waals surface area contributed by atoms with Crippen LogP contribution >= 0.6 is 0 Å². The quantitative estimate of drug-likeness (QED) is 0.720. The maximum Gasteiger partial charge on any atom is 0.355 e. The summed E-state index contributed by atoms with van der Waals surface area (Å²) >= 11 is 0. The lowest BCUT2D eigenvalue weighted by Gasteiger charge is -2.05. The van der Waals surface area contributed by atoms with E-state index >= 15 is 0 Å². The fourth-order valence-electron chi connectivity index (χ4n) is 0.956. The minimum absolute atomic E-state index is 0.0694. The fourth-order valence-corrected chi connectivity index (χ4v) is 1.80. The normalized spacial score (nSPS) is 10.1. The van der Waals surface area contributed by atoms with E-state index in [4.69, 9.17) is 4.43 Å². The summed E-state index contributed by atoms with van der Waals surface area (Å²) in [4.78, 5) is 11.2. The summed E-state index contributed by atoms with van der Waals surface area (Å²) in [5.41, 5.74) is 1.04. The molecule has 0 saturated carbocycles. The average Bonchev–Trinajstić information content (AvgIpc) is 2.26. The van der Waals surface area contributed by atoms with Gasteiger partial charge in [0.1, 0.15) is 0 Å². The third-order valence-electron chi connectivity index (χ3n) is 1.86. The molecule has 0 fully saturated rings. The van der Waals surface area contributed by atoms with Gasteiger partial charge >= 0.3 is 9.76 Å². The molecule has 0 aromatic heterocycles. The molecule has 0 aliphatic heterocycles. The Kier molecular flexibility index (Phi) is 4.30. The van der Waals surface area contributed by atoms with Crippen molar-refractivity contribution in [2.24, 2.45) is 5.92 Å². The average molecular weight is 218 g/mol. The Bertz CT molecular complexity index is 358. The molecule has 1 aromatic carbocycles. The third kappa shape index (κ3) is 3.71. The van der Waals surface area contributed by atoms with E-state index in [2.05, 4.69) is 6.58 Å². The van der Waals surface area contributed by atoms with Crippen molar-refractivity contribution in [1.29, 1.82) is 0 Å². The van der Waals surface area contributed by atoms with Gasteiger partial charge in [-0.25, -0.2) is 0 Å². The van der Waals surface area contributed by atoms with Gasteiger partial charge in [-0.1, -0.05) is 50.8 Å². The Hall–Kier alpha value is -1.35. The molecule has 0 N–H and O–H groups in total. The van der Waals surface area contributed by atoms with Crippen molar-refractivity contribution in [3.63, 3.8) is 0 Å². The van der Waals surface area contributed by atoms with Crippen molar-refractivity contribution >= 4 is 27.0 Å². The first kappa shape index (κ1) is 11.7. The topological polar surface area (TPSA) is 26.3 Å². The molecule has 3 heteroatoms. The second-order valence-electron chi connectivity index (χ2n) is 3.51. The zero-order chi connectivity index (χ0) is 11.3. The highest BCUT2D eigenvalue weighted by molar-refractivity contribution is 6.48. The highest BCUT2D eigenvalue weighted by Gasteiger charge is 2.09. The summed E-state index contributed by atoms with van der Waals surface area (Å²) in [5.74, 6) is -0.225. The summed E-state index contributed by atoms with van der Waals surface area (Å²) in [6.07, 6.45) is 1.78. The lowest BCUT2D eigenvalue weighted by molar-refractivity contribution is -0.137. The lowest BCUT2D eigenvalue weighted by Crippen LogP contribution is -2.23. The molecule has 0 bridgehead atoms. The first-order valence-corrected chi connectivity index (χ1v) is 5.73. The van der Waals surface area contributed by atoms with Crippen molar-refractivity contribution in [3.8, 4) is 0 Å². The molecule has 0 unspecified atom stereocenters. The second-order valence-corrected chi connectivity index (χ2v) is 4.49. The number of carbonyl (C=O) groups is 1. The summed E-state index contributed by atoms with van der Waals surface area (Å²) < 4.78 is 5.14. The molecule has 0 aliphatic carbocycles. The van der Waals surface area contributed by atoms with Crippen LogP contribution in [0.25, 0.3) is 6.08 Å². The molecule has 2 radical (unpaired) electrons. The Morgan fingerprint density at radius 2 is 2.27 bits per heavy atom. The van der Waals surface area contributed by atoms with Gasteiger partial charge in [-0.15, -0.1) is 0 Å². The van der Waals surface area contributed by atoms with Gasteiger partial charge in [-0.3, -0.25) is 4.79 Å². The summed E-state index contributed by atoms with van der Waals surface area (Å²) in [6.45, 7) is 7.34. The Morgan fingerprint density at radius 3 is 2.87 bits per heavy atom. The number of hydrogen-bond donors (Lipinski definition) is 0. The molecule has 0 heterocycles. The number of benzene rings is 1. The summed E-state index contributed by atoms with van der Waals surface area (Å²) in [7, 11) is 0.0797. The first-order valence-electron chi connectivity index (χ1n) is 4.82. The third-order valence-corrected chi connectivity index (χ3v) is 2.71. The zero-order valence-electron chi connectivity index (χ0n) is 8.99. The molecule has 1 rings (SSSR count). The molecule has 78 valence electrons. The molecule has 0 aliphatic rings. The van der Waals surface area contributed by atoms with E-state index < -0.39 is 0 Å². The van der Waals surface area contributed by atoms with Gasteiger partial charge in [-0.2, -0.15) is 0 Å². The van der Waals surface area contributed by atoms with Crippen LogP contribution in [0.1, 0.15) is 19.4 Å². The van der Waals surface area contributed by atoms with E-state index in [0.717, 1.165) is 10.8 Å². The van der Waals surface area contributed by atoms with E-state index in [9.17, 15) is 4.79 Å². The maximum atomic E-state index is 11.2. The van der Waals surface area contributed by atoms with E-state index in [1.165, 1.54) is 0 Å². The summed E-state index contributed by atoms with van der Waals surface area (Å²) in [6, 6.07) is 7.81. The molecule has 0 atom stereocenters. The maximum absolute atomic E-state index is 11.2. The van der Waals surface area contributed by atoms with Gasteiger partial charge in [0.15, 0.2) is 0 Å². The van der Waals surface area contributed by atoms with Crippen LogP contribution in [-0.2, 0) is 9.22 Å². The zero-order valence-corrected chi connectivity index (χ0v) is 9.99. The van der Waals surface area contributed by atoms with Crippen LogP contribution in [0.5, 0.6) is 0 Å². The molecule has 0 saturated heterocycles. The monoisotopic (exact) mass is 218 g/mol. The molecule has 0 amide bonds. The van der Waals surface area contributed by atoms with Crippen LogP contribution in [0.3, 0.4) is 0 Å². The number of hydrogen-bond acceptors (Lipinski definition) is 2. The predicted octanol–water partition coefficient (Wildman–Crippen LogP) is 1.77. The largest absolute Gasteiger partial charge is 0.511 e. The first-order chi connectivity index (χ1) is 7.13. The van der Waals surface area contributed by atoms with Gasteiger partial charge in [0, 0.05) is 5.92 Å². The van der Waals surface area contributed by atoms with Gasteiger partial charge in [0.05, 0.1) is 0 Å². The molecule has 15 heavy (non-hydrogen) atoms. The van der Waals surface area contributed by atoms with Crippen molar-refractivity contribution in [2.75, 3.05) is 0 Å². The molecule has 2 nitrogen and oxygen atoms in total. The van der Waals surface area contributed by atoms with Crippen LogP contribution < -0.4 is 5.19 Å². The Balaban J connectivity index is 2.57. The highest BCUT2D eigenvalue weighted by Crippen LogP contribution is 1.98. The molecular formula is C12H14O2Si. The molecular weight excluding hydrogens is 204 g/mol. The van der Waals surface area contributed by atoms with Crippen molar-refractivity contribution in [1.82, 2.24) is 0 Å². The molecule has 0 spiro atoms. The van der Waals surface area contributed by atoms with Crippen LogP contribution in [0.15, 0.2) is 30.8 Å². The van der Waals surface area contributed by atoms with E-state index in [1.807, 2.05) is 38.1 Å². The van der Waals surface area contributed by atoms with Crippen LogP contribution in [0.4, 0.5) is 0 Å². The van der Waals surface area contributed by atoms with Crippen molar-refractivity contribution in [2.45, 2.75) is 13.8 Å². The minimum atomic E-state index is -0.155. The molecule has 1 aromatic rings. The van der Waals surface area contributed by atoms with Gasteiger partial charge in [-0.05, 0) is 10.8 Å². The Labute approximate surface area is 92.9 Å². The van der Waals surface area contributed by atoms with Crippen LogP contribution in [0, 0.1) is 5.92 Å². The SMILES string of the molecule is C=Cc1cccc([Si]OC(=O)C(C)C)c1. The predicted molar refractivity (Wildman–Crippen MR) is 62.9 cm³/mol. The standard InChI is InChI=1S/C12H14O2Si/c1-4-10-6-5-7-11(8-10)15-14-12(13)9(2)3/h4-9H,1H2,2-3H3. The van der Waals surface area contributed by atoms with Crippen LogP contribution in [-0.4, -0.2) is 15.7 Å².